The van der Waals surface area contributed by atoms with Crippen LogP contribution in [-0.2, 0) is 32.6 Å². The third-order valence-corrected chi connectivity index (χ3v) is 9.20. The van der Waals surface area contributed by atoms with Gasteiger partial charge in [0.25, 0.3) is 0 Å². The Labute approximate surface area is 265 Å². The molecule has 0 radical (unpaired) electrons. The Balaban J connectivity index is 1.74. The second-order valence-corrected chi connectivity index (χ2v) is 13.3. The van der Waals surface area contributed by atoms with Crippen molar-refractivity contribution in [3.8, 4) is 11.5 Å². The summed E-state index contributed by atoms with van der Waals surface area (Å²) in [7, 11) is -1.05. The molecule has 3 aromatic rings. The minimum absolute atomic E-state index is 0.0260. The summed E-state index contributed by atoms with van der Waals surface area (Å²) < 4.78 is 38.0. The zero-order chi connectivity index (χ0) is 31.7. The van der Waals surface area contributed by atoms with Crippen molar-refractivity contribution in [1.82, 2.24) is 10.2 Å². The lowest BCUT2D eigenvalue weighted by molar-refractivity contribution is -0.140. The highest BCUT2D eigenvalue weighted by atomic mass is 35.5. The minimum Gasteiger partial charge on any atom is -0.497 e. The molecule has 1 unspecified atom stereocenters. The SMILES string of the molecule is COc1ccc(N(CC(=O)N(Cc2ccc(Cl)cc2)C(Cc2ccccc2)C(=O)NC2CCCCC2)S(C)(=O)=O)c(OC)c1. The number of hydrogen-bond acceptors (Lipinski definition) is 6. The van der Waals surface area contributed by atoms with Crippen LogP contribution in [0.3, 0.4) is 0 Å². The first-order valence-corrected chi connectivity index (χ1v) is 16.9. The van der Waals surface area contributed by atoms with E-state index in [1.807, 2.05) is 30.3 Å². The number of benzene rings is 3. The highest BCUT2D eigenvalue weighted by Gasteiger charge is 2.34. The Morgan fingerprint density at radius 1 is 0.932 bits per heavy atom. The van der Waals surface area contributed by atoms with Crippen molar-refractivity contribution in [2.24, 2.45) is 0 Å². The Hall–Kier alpha value is -3.76. The molecular formula is C33H40ClN3O6S. The van der Waals surface area contributed by atoms with Gasteiger partial charge in [0.2, 0.25) is 21.8 Å². The fourth-order valence-corrected chi connectivity index (χ4v) is 6.45. The molecule has 1 atom stereocenters. The van der Waals surface area contributed by atoms with Gasteiger partial charge in [0.1, 0.15) is 24.1 Å². The number of nitrogens with one attached hydrogen (secondary N) is 1. The topological polar surface area (TPSA) is 105 Å². The highest BCUT2D eigenvalue weighted by Crippen LogP contribution is 2.34. The van der Waals surface area contributed by atoms with Gasteiger partial charge in [-0.25, -0.2) is 8.42 Å². The quantitative estimate of drug-likeness (QED) is 0.275. The fraction of sp³-hybridized carbons (Fsp3) is 0.394. The summed E-state index contributed by atoms with van der Waals surface area (Å²) >= 11 is 6.14. The zero-order valence-corrected chi connectivity index (χ0v) is 26.9. The molecule has 9 nitrogen and oxygen atoms in total. The average Bonchev–Trinajstić information content (AvgIpc) is 3.02. The number of halogens is 1. The summed E-state index contributed by atoms with van der Waals surface area (Å²) in [5, 5.41) is 3.74. The van der Waals surface area contributed by atoms with Crippen LogP contribution in [0.5, 0.6) is 11.5 Å². The summed E-state index contributed by atoms with van der Waals surface area (Å²) in [6.45, 7) is -0.472. The first kappa shape index (κ1) is 33.1. The van der Waals surface area contributed by atoms with E-state index in [9.17, 15) is 18.0 Å². The van der Waals surface area contributed by atoms with Crippen LogP contribution in [0.2, 0.25) is 5.02 Å². The number of carbonyl (C=O) groups is 2. The number of hydrogen-bond donors (Lipinski definition) is 1. The number of rotatable bonds is 13. The van der Waals surface area contributed by atoms with E-state index in [1.165, 1.54) is 25.2 Å². The normalized spacial score (nSPS) is 14.4. The third kappa shape index (κ3) is 8.89. The molecule has 0 aromatic heterocycles. The van der Waals surface area contributed by atoms with Crippen molar-refractivity contribution >= 4 is 39.1 Å². The second-order valence-electron chi connectivity index (χ2n) is 11.0. The van der Waals surface area contributed by atoms with Gasteiger partial charge in [-0.05, 0) is 48.2 Å². The van der Waals surface area contributed by atoms with Crippen LogP contribution >= 0.6 is 11.6 Å². The third-order valence-electron chi connectivity index (χ3n) is 7.82. The number of carbonyl (C=O) groups excluding carboxylic acids is 2. The van der Waals surface area contributed by atoms with Gasteiger partial charge in [-0.3, -0.25) is 13.9 Å². The maximum atomic E-state index is 14.3. The molecule has 1 N–H and O–H groups in total. The number of ether oxygens (including phenoxy) is 2. The lowest BCUT2D eigenvalue weighted by Gasteiger charge is -2.35. The Kier molecular flexibility index (Phi) is 11.5. The molecule has 0 spiro atoms. The second kappa shape index (κ2) is 15.3. The summed E-state index contributed by atoms with van der Waals surface area (Å²) in [6, 6.07) is 20.3. The first-order valence-electron chi connectivity index (χ1n) is 14.7. The molecule has 236 valence electrons. The van der Waals surface area contributed by atoms with Gasteiger partial charge in [-0.2, -0.15) is 0 Å². The molecule has 11 heteroatoms. The Bertz CT molecular complexity index is 1510. The van der Waals surface area contributed by atoms with Crippen LogP contribution in [-0.4, -0.2) is 64.2 Å². The molecule has 44 heavy (non-hydrogen) atoms. The lowest BCUT2D eigenvalue weighted by Crippen LogP contribution is -2.55. The van der Waals surface area contributed by atoms with E-state index in [0.717, 1.165) is 53.8 Å². The highest BCUT2D eigenvalue weighted by molar-refractivity contribution is 7.92. The fourth-order valence-electron chi connectivity index (χ4n) is 5.47. The number of amides is 2. The van der Waals surface area contributed by atoms with Crippen LogP contribution in [0.25, 0.3) is 0 Å². The molecule has 1 aliphatic carbocycles. The van der Waals surface area contributed by atoms with E-state index in [1.54, 1.807) is 36.4 Å². The van der Waals surface area contributed by atoms with Gasteiger partial charge < -0.3 is 19.7 Å². The van der Waals surface area contributed by atoms with Gasteiger partial charge in [-0.1, -0.05) is 73.3 Å². The Morgan fingerprint density at radius 3 is 2.23 bits per heavy atom. The van der Waals surface area contributed by atoms with E-state index in [0.29, 0.717) is 10.8 Å². The average molecular weight is 642 g/mol. The van der Waals surface area contributed by atoms with E-state index >= 15 is 0 Å². The predicted octanol–water partition coefficient (Wildman–Crippen LogP) is 5.21. The van der Waals surface area contributed by atoms with Crippen molar-refractivity contribution in [2.45, 2.75) is 57.2 Å². The van der Waals surface area contributed by atoms with E-state index in [2.05, 4.69) is 5.32 Å². The maximum absolute atomic E-state index is 14.3. The van der Waals surface area contributed by atoms with E-state index < -0.39 is 28.5 Å². The monoisotopic (exact) mass is 641 g/mol. The molecule has 1 saturated carbocycles. The van der Waals surface area contributed by atoms with Crippen LogP contribution in [0.1, 0.15) is 43.2 Å². The Morgan fingerprint density at radius 2 is 1.61 bits per heavy atom. The largest absolute Gasteiger partial charge is 0.497 e. The van der Waals surface area contributed by atoms with Gasteiger partial charge in [-0.15, -0.1) is 0 Å². The van der Waals surface area contributed by atoms with Crippen LogP contribution in [0, 0.1) is 0 Å². The molecule has 0 saturated heterocycles. The number of anilines is 1. The summed E-state index contributed by atoms with van der Waals surface area (Å²) in [4.78, 5) is 29.9. The van der Waals surface area contributed by atoms with Gasteiger partial charge in [0.05, 0.1) is 26.2 Å². The van der Waals surface area contributed by atoms with Crippen molar-refractivity contribution in [3.05, 3.63) is 88.9 Å². The van der Waals surface area contributed by atoms with Crippen LogP contribution in [0.15, 0.2) is 72.8 Å². The maximum Gasteiger partial charge on any atom is 0.244 e. The van der Waals surface area contributed by atoms with Crippen molar-refractivity contribution < 1.29 is 27.5 Å². The van der Waals surface area contributed by atoms with Crippen LogP contribution in [0.4, 0.5) is 5.69 Å². The van der Waals surface area contributed by atoms with E-state index in [4.69, 9.17) is 21.1 Å². The summed E-state index contributed by atoms with van der Waals surface area (Å²) in [5.74, 6) is -0.112. The molecule has 2 amide bonds. The standard InChI is InChI=1S/C33H40ClN3O6S/c1-42-28-18-19-29(31(21-28)43-2)37(44(3,40)41)23-32(38)36(22-25-14-16-26(34)17-15-25)30(20-24-10-6-4-7-11-24)33(39)35-27-12-8-5-9-13-27/h4,6-7,10-11,14-19,21,27,30H,5,8-9,12-13,20,22-23H2,1-3H3,(H,35,39). The number of sulfonamides is 1. The van der Waals surface area contributed by atoms with Crippen LogP contribution < -0.4 is 19.1 Å². The number of methoxy groups -OCH3 is 2. The molecule has 4 rings (SSSR count). The molecule has 0 aliphatic heterocycles. The zero-order valence-electron chi connectivity index (χ0n) is 25.4. The molecular weight excluding hydrogens is 602 g/mol. The summed E-state index contributed by atoms with van der Waals surface area (Å²) in [5.41, 5.74) is 1.81. The van der Waals surface area contributed by atoms with Crippen molar-refractivity contribution in [1.29, 1.82) is 0 Å². The van der Waals surface area contributed by atoms with Crippen molar-refractivity contribution in [2.75, 3.05) is 31.3 Å². The van der Waals surface area contributed by atoms with Gasteiger partial charge in [0, 0.05) is 30.1 Å². The molecule has 0 bridgehead atoms. The lowest BCUT2D eigenvalue weighted by atomic mass is 9.94. The smallest absolute Gasteiger partial charge is 0.244 e. The number of nitrogens with zero attached hydrogens (tertiary/aromatic N) is 2. The first-order chi connectivity index (χ1) is 21.1. The predicted molar refractivity (Wildman–Crippen MR) is 173 cm³/mol. The molecule has 0 heterocycles. The summed E-state index contributed by atoms with van der Waals surface area (Å²) in [6.07, 6.45) is 6.26. The molecule has 3 aromatic carbocycles. The van der Waals surface area contributed by atoms with Gasteiger partial charge in [0.15, 0.2) is 0 Å². The molecule has 1 fully saturated rings. The molecule has 1 aliphatic rings. The van der Waals surface area contributed by atoms with E-state index in [-0.39, 0.29) is 36.4 Å². The van der Waals surface area contributed by atoms with Crippen molar-refractivity contribution in [3.63, 3.8) is 0 Å². The van der Waals surface area contributed by atoms with Gasteiger partial charge >= 0.3 is 0 Å². The minimum atomic E-state index is -3.96.